The minimum Gasteiger partial charge on any atom is -0.373 e. The van der Waals surface area contributed by atoms with Gasteiger partial charge in [-0.25, -0.2) is 9.97 Å². The van der Waals surface area contributed by atoms with Gasteiger partial charge in [-0.05, 0) is 39.9 Å². The van der Waals surface area contributed by atoms with Gasteiger partial charge in [0.15, 0.2) is 0 Å². The van der Waals surface area contributed by atoms with Crippen molar-refractivity contribution in [2.45, 2.75) is 25.8 Å². The molecule has 1 N–H and O–H groups in total. The summed E-state index contributed by atoms with van der Waals surface area (Å²) in [6.07, 6.45) is 4.04. The summed E-state index contributed by atoms with van der Waals surface area (Å²) in [6.45, 7) is 4.41. The largest absolute Gasteiger partial charge is 0.373 e. The molecule has 0 aliphatic carbocycles. The van der Waals surface area contributed by atoms with Gasteiger partial charge in [0.25, 0.3) is 0 Å². The highest BCUT2D eigenvalue weighted by atomic mass is 15.2. The van der Waals surface area contributed by atoms with E-state index in [1.54, 1.807) is 6.33 Å². The monoisotopic (exact) mass is 249 g/mol. The van der Waals surface area contributed by atoms with Crippen molar-refractivity contribution in [3.8, 4) is 0 Å². The third kappa shape index (κ3) is 2.56. The van der Waals surface area contributed by atoms with Crippen molar-refractivity contribution in [3.05, 3.63) is 11.9 Å². The van der Waals surface area contributed by atoms with Crippen LogP contribution in [0.15, 0.2) is 6.33 Å². The minimum atomic E-state index is 0.583. The van der Waals surface area contributed by atoms with Crippen LogP contribution in [0.3, 0.4) is 0 Å². The Labute approximate surface area is 109 Å². The predicted molar refractivity (Wildman–Crippen MR) is 75.2 cm³/mol. The summed E-state index contributed by atoms with van der Waals surface area (Å²) < 4.78 is 0. The van der Waals surface area contributed by atoms with Gasteiger partial charge in [0, 0.05) is 25.7 Å². The van der Waals surface area contributed by atoms with Gasteiger partial charge in [-0.3, -0.25) is 0 Å². The fourth-order valence-corrected chi connectivity index (χ4v) is 2.60. The molecule has 0 bridgehead atoms. The summed E-state index contributed by atoms with van der Waals surface area (Å²) in [5, 5.41) is 3.11. The molecule has 0 unspecified atom stereocenters. The zero-order valence-corrected chi connectivity index (χ0v) is 11.8. The number of piperidine rings is 1. The average molecular weight is 249 g/mol. The van der Waals surface area contributed by atoms with Crippen molar-refractivity contribution < 1.29 is 0 Å². The van der Waals surface area contributed by atoms with Crippen molar-refractivity contribution in [2.75, 3.05) is 44.4 Å². The van der Waals surface area contributed by atoms with E-state index < -0.39 is 0 Å². The molecule has 0 amide bonds. The number of aromatic nitrogens is 2. The smallest absolute Gasteiger partial charge is 0.137 e. The molecule has 1 aromatic heterocycles. The van der Waals surface area contributed by atoms with Crippen molar-refractivity contribution in [3.63, 3.8) is 0 Å². The number of hydrogen-bond donors (Lipinski definition) is 1. The van der Waals surface area contributed by atoms with E-state index in [1.165, 1.54) is 12.8 Å². The van der Waals surface area contributed by atoms with Crippen LogP contribution < -0.4 is 10.2 Å². The molecule has 2 heterocycles. The van der Waals surface area contributed by atoms with Gasteiger partial charge in [0.2, 0.25) is 0 Å². The maximum Gasteiger partial charge on any atom is 0.137 e. The Morgan fingerprint density at radius 3 is 2.61 bits per heavy atom. The van der Waals surface area contributed by atoms with Crippen LogP contribution in [0.1, 0.15) is 18.4 Å². The van der Waals surface area contributed by atoms with E-state index in [0.717, 1.165) is 30.3 Å². The number of likely N-dealkylation sites (tertiary alicyclic amines) is 1. The van der Waals surface area contributed by atoms with Crippen LogP contribution in [-0.4, -0.2) is 55.1 Å². The van der Waals surface area contributed by atoms with E-state index in [9.17, 15) is 0 Å². The Bertz CT molecular complexity index is 398. The van der Waals surface area contributed by atoms with Crippen LogP contribution in [0.2, 0.25) is 0 Å². The van der Waals surface area contributed by atoms with Gasteiger partial charge in [-0.1, -0.05) is 0 Å². The van der Waals surface area contributed by atoms with Crippen molar-refractivity contribution in [1.29, 1.82) is 0 Å². The molecular formula is C13H23N5. The molecule has 1 aromatic rings. The topological polar surface area (TPSA) is 44.3 Å². The number of nitrogens with zero attached hydrogens (tertiary/aromatic N) is 4. The predicted octanol–water partition coefficient (Wildman–Crippen LogP) is 1.36. The molecule has 2 rings (SSSR count). The van der Waals surface area contributed by atoms with Gasteiger partial charge >= 0.3 is 0 Å². The first kappa shape index (κ1) is 13.1. The third-order valence-electron chi connectivity index (χ3n) is 3.86. The lowest BCUT2D eigenvalue weighted by Crippen LogP contribution is -2.42. The zero-order valence-electron chi connectivity index (χ0n) is 11.8. The summed E-state index contributed by atoms with van der Waals surface area (Å²) in [5.74, 6) is 1.96. The van der Waals surface area contributed by atoms with Crippen LogP contribution in [-0.2, 0) is 0 Å². The molecule has 100 valence electrons. The molecule has 5 heteroatoms. The van der Waals surface area contributed by atoms with Crippen LogP contribution in [0.4, 0.5) is 11.6 Å². The van der Waals surface area contributed by atoms with Gasteiger partial charge in [-0.15, -0.1) is 0 Å². The summed E-state index contributed by atoms with van der Waals surface area (Å²) in [6, 6.07) is 0.583. The zero-order chi connectivity index (χ0) is 13.1. The van der Waals surface area contributed by atoms with E-state index in [2.05, 4.69) is 46.1 Å². The first-order valence-corrected chi connectivity index (χ1v) is 6.54. The van der Waals surface area contributed by atoms with Gasteiger partial charge in [-0.2, -0.15) is 0 Å². The second kappa shape index (κ2) is 5.52. The van der Waals surface area contributed by atoms with Gasteiger partial charge in [0.1, 0.15) is 18.0 Å². The lowest BCUT2D eigenvalue weighted by atomic mass is 10.0. The van der Waals surface area contributed by atoms with Crippen molar-refractivity contribution in [1.82, 2.24) is 14.9 Å². The second-order valence-corrected chi connectivity index (χ2v) is 5.07. The van der Waals surface area contributed by atoms with Crippen LogP contribution in [0.5, 0.6) is 0 Å². The van der Waals surface area contributed by atoms with E-state index in [0.29, 0.717) is 6.04 Å². The lowest BCUT2D eigenvalue weighted by molar-refractivity contribution is 0.252. The molecule has 1 aliphatic rings. The fourth-order valence-electron chi connectivity index (χ4n) is 2.60. The molecule has 0 saturated carbocycles. The SMILES string of the molecule is CNc1ncnc(N(C)C2CCN(C)CC2)c1C. The Morgan fingerprint density at radius 1 is 1.33 bits per heavy atom. The third-order valence-corrected chi connectivity index (χ3v) is 3.86. The standard InChI is InChI=1S/C13H23N5/c1-10-12(14-2)15-9-16-13(10)18(4)11-5-7-17(3)8-6-11/h9,11H,5-8H2,1-4H3,(H,14,15,16). The number of anilines is 2. The quantitative estimate of drug-likeness (QED) is 0.876. The molecule has 0 aromatic carbocycles. The Balaban J connectivity index is 2.15. The van der Waals surface area contributed by atoms with Crippen molar-refractivity contribution >= 4 is 11.6 Å². The maximum absolute atomic E-state index is 4.44. The molecule has 0 spiro atoms. The van der Waals surface area contributed by atoms with Gasteiger partial charge < -0.3 is 15.1 Å². The van der Waals surface area contributed by atoms with E-state index in [1.807, 2.05) is 7.05 Å². The highest BCUT2D eigenvalue weighted by molar-refractivity contribution is 5.57. The molecule has 18 heavy (non-hydrogen) atoms. The first-order valence-electron chi connectivity index (χ1n) is 6.54. The molecule has 1 fully saturated rings. The first-order chi connectivity index (χ1) is 8.63. The van der Waals surface area contributed by atoms with Crippen molar-refractivity contribution in [2.24, 2.45) is 0 Å². The number of hydrogen-bond acceptors (Lipinski definition) is 5. The summed E-state index contributed by atoms with van der Waals surface area (Å²) >= 11 is 0. The lowest BCUT2D eigenvalue weighted by Gasteiger charge is -2.36. The molecule has 1 saturated heterocycles. The highest BCUT2D eigenvalue weighted by Crippen LogP contribution is 2.25. The van der Waals surface area contributed by atoms with E-state index in [4.69, 9.17) is 0 Å². The fraction of sp³-hybridized carbons (Fsp3) is 0.692. The molecular weight excluding hydrogens is 226 g/mol. The maximum atomic E-state index is 4.44. The van der Waals surface area contributed by atoms with Crippen LogP contribution in [0.25, 0.3) is 0 Å². The molecule has 0 radical (unpaired) electrons. The minimum absolute atomic E-state index is 0.583. The van der Waals surface area contributed by atoms with E-state index >= 15 is 0 Å². The highest BCUT2D eigenvalue weighted by Gasteiger charge is 2.23. The average Bonchev–Trinajstić information content (AvgIpc) is 2.39. The summed E-state index contributed by atoms with van der Waals surface area (Å²) in [4.78, 5) is 13.4. The Kier molecular flexibility index (Phi) is 4.01. The Morgan fingerprint density at radius 2 is 2.00 bits per heavy atom. The normalized spacial score (nSPS) is 17.8. The Hall–Kier alpha value is -1.36. The molecule has 5 nitrogen and oxygen atoms in total. The number of nitrogens with one attached hydrogen (secondary N) is 1. The molecule has 1 aliphatic heterocycles. The summed E-state index contributed by atoms with van der Waals surface area (Å²) in [5.41, 5.74) is 1.13. The number of rotatable bonds is 3. The van der Waals surface area contributed by atoms with E-state index in [-0.39, 0.29) is 0 Å². The second-order valence-electron chi connectivity index (χ2n) is 5.07. The summed E-state index contributed by atoms with van der Waals surface area (Å²) in [7, 11) is 6.23. The van der Waals surface area contributed by atoms with Gasteiger partial charge in [0.05, 0.1) is 0 Å². The van der Waals surface area contributed by atoms with Crippen LogP contribution in [0, 0.1) is 6.92 Å². The molecule has 0 atom stereocenters. The van der Waals surface area contributed by atoms with Crippen LogP contribution >= 0.6 is 0 Å².